The van der Waals surface area contributed by atoms with Crippen molar-refractivity contribution in [2.75, 3.05) is 12.4 Å². The molecule has 3 aromatic rings. The molecule has 1 aromatic heterocycles. The summed E-state index contributed by atoms with van der Waals surface area (Å²) < 4.78 is 10.5. The summed E-state index contributed by atoms with van der Waals surface area (Å²) in [6.45, 7) is 0.266. The van der Waals surface area contributed by atoms with E-state index in [1.807, 2.05) is 12.1 Å². The van der Waals surface area contributed by atoms with E-state index in [2.05, 4.69) is 15.6 Å². The minimum Gasteiger partial charge on any atom is -0.465 e. The molecule has 0 radical (unpaired) electrons. The molecule has 1 fully saturated rings. The third kappa shape index (κ3) is 5.77. The van der Waals surface area contributed by atoms with Gasteiger partial charge in [0.1, 0.15) is 11.5 Å². The fourth-order valence-electron chi connectivity index (χ4n) is 3.30. The lowest BCUT2D eigenvalue weighted by molar-refractivity contribution is 0.0600. The summed E-state index contributed by atoms with van der Waals surface area (Å²) in [5.41, 5.74) is 1.81. The van der Waals surface area contributed by atoms with Gasteiger partial charge in [0.15, 0.2) is 11.4 Å². The highest BCUT2D eigenvalue weighted by atomic mass is 35.5. The Balaban J connectivity index is 1.49. The minimum absolute atomic E-state index is 0.0952. The number of esters is 1. The SMILES string of the molecule is COC(=O)c1cncc(Oc2ccc(NC3N(N)C(=S)NC(=O)N3Cc3ccc(Cl)cc3)cc2)c1. The molecule has 0 bridgehead atoms. The van der Waals surface area contributed by atoms with Gasteiger partial charge in [0.05, 0.1) is 25.4 Å². The van der Waals surface area contributed by atoms with Crippen molar-refractivity contribution in [3.05, 3.63) is 83.1 Å². The van der Waals surface area contributed by atoms with Gasteiger partial charge in [0, 0.05) is 16.9 Å². The third-order valence-electron chi connectivity index (χ3n) is 5.05. The van der Waals surface area contributed by atoms with E-state index >= 15 is 0 Å². The summed E-state index contributed by atoms with van der Waals surface area (Å²) in [5.74, 6) is 6.55. The molecule has 0 spiro atoms. The lowest BCUT2D eigenvalue weighted by Gasteiger charge is -2.42. The standard InChI is InChI=1S/C23H21ClN6O4S/c1-33-20(31)15-10-19(12-26-11-15)34-18-8-6-17(7-9-18)27-21-29(22(32)28-23(35)30(21)25)13-14-2-4-16(24)5-3-14/h2-12,21,27H,13,25H2,1H3,(H,28,32,35). The molecule has 4 N–H and O–H groups in total. The second kappa shape index (κ2) is 10.6. The molecule has 2 heterocycles. The van der Waals surface area contributed by atoms with Crippen LogP contribution in [0.5, 0.6) is 11.5 Å². The zero-order valence-electron chi connectivity index (χ0n) is 18.5. The summed E-state index contributed by atoms with van der Waals surface area (Å²) in [6.07, 6.45) is 2.13. The van der Waals surface area contributed by atoms with Crippen LogP contribution >= 0.6 is 23.8 Å². The summed E-state index contributed by atoms with van der Waals surface area (Å²) in [5, 5.41) is 7.75. The number of hydrogen-bond donors (Lipinski definition) is 3. The first-order valence-corrected chi connectivity index (χ1v) is 11.1. The Morgan fingerprint density at radius 1 is 1.17 bits per heavy atom. The normalized spacial score (nSPS) is 15.5. The summed E-state index contributed by atoms with van der Waals surface area (Å²) in [4.78, 5) is 29.9. The van der Waals surface area contributed by atoms with Crippen LogP contribution in [0, 0.1) is 0 Å². The largest absolute Gasteiger partial charge is 0.465 e. The van der Waals surface area contributed by atoms with E-state index < -0.39 is 12.3 Å². The van der Waals surface area contributed by atoms with E-state index in [-0.39, 0.29) is 23.3 Å². The van der Waals surface area contributed by atoms with Crippen molar-refractivity contribution in [3.8, 4) is 11.5 Å². The van der Waals surface area contributed by atoms with Crippen molar-refractivity contribution < 1.29 is 19.1 Å². The van der Waals surface area contributed by atoms with Gasteiger partial charge in [-0.3, -0.25) is 15.2 Å². The lowest BCUT2D eigenvalue weighted by Crippen LogP contribution is -2.69. The van der Waals surface area contributed by atoms with Gasteiger partial charge in [-0.25, -0.2) is 20.4 Å². The predicted octanol–water partition coefficient (Wildman–Crippen LogP) is 3.70. The topological polar surface area (TPSA) is 122 Å². The molecular formula is C23H21ClN6O4S. The van der Waals surface area contributed by atoms with Crippen LogP contribution in [0.4, 0.5) is 10.5 Å². The molecule has 1 atom stereocenters. The maximum absolute atomic E-state index is 12.7. The quantitative estimate of drug-likeness (QED) is 0.247. The Kier molecular flexibility index (Phi) is 7.30. The molecule has 10 nitrogen and oxygen atoms in total. The van der Waals surface area contributed by atoms with Crippen LogP contribution in [0.2, 0.25) is 5.02 Å². The number of pyridine rings is 1. The van der Waals surface area contributed by atoms with Gasteiger partial charge >= 0.3 is 12.0 Å². The number of nitrogens with two attached hydrogens (primary N) is 1. The molecule has 1 unspecified atom stereocenters. The van der Waals surface area contributed by atoms with Gasteiger partial charge in [-0.1, -0.05) is 23.7 Å². The number of urea groups is 1. The first-order valence-electron chi connectivity index (χ1n) is 10.3. The van der Waals surface area contributed by atoms with Crippen LogP contribution in [0.1, 0.15) is 15.9 Å². The van der Waals surface area contributed by atoms with Gasteiger partial charge in [-0.05, 0) is 60.2 Å². The van der Waals surface area contributed by atoms with Gasteiger partial charge in [-0.2, -0.15) is 0 Å². The average Bonchev–Trinajstić information content (AvgIpc) is 2.86. The zero-order chi connectivity index (χ0) is 24.9. The first kappa shape index (κ1) is 24.2. The highest BCUT2D eigenvalue weighted by Crippen LogP contribution is 2.25. The van der Waals surface area contributed by atoms with Crippen LogP contribution < -0.4 is 21.2 Å². The van der Waals surface area contributed by atoms with E-state index in [1.165, 1.54) is 35.5 Å². The van der Waals surface area contributed by atoms with Crippen LogP contribution in [0.25, 0.3) is 0 Å². The maximum atomic E-state index is 12.7. The number of carbonyl (C=O) groups excluding carboxylic acids is 2. The zero-order valence-corrected chi connectivity index (χ0v) is 20.0. The van der Waals surface area contributed by atoms with Crippen LogP contribution in [0.3, 0.4) is 0 Å². The van der Waals surface area contributed by atoms with Gasteiger partial charge in [0.25, 0.3) is 0 Å². The van der Waals surface area contributed by atoms with Crippen molar-refractivity contribution in [3.63, 3.8) is 0 Å². The molecule has 0 aliphatic carbocycles. The second-order valence-electron chi connectivity index (χ2n) is 7.44. The van der Waals surface area contributed by atoms with E-state index in [1.54, 1.807) is 36.4 Å². The van der Waals surface area contributed by atoms with E-state index in [9.17, 15) is 9.59 Å². The number of amides is 2. The molecular weight excluding hydrogens is 492 g/mol. The molecule has 0 saturated carbocycles. The van der Waals surface area contributed by atoms with E-state index in [0.717, 1.165) is 5.56 Å². The summed E-state index contributed by atoms with van der Waals surface area (Å²) >= 11 is 11.2. The number of methoxy groups -OCH3 is 1. The van der Waals surface area contributed by atoms with Crippen LogP contribution in [-0.4, -0.2) is 45.4 Å². The Morgan fingerprint density at radius 2 is 1.89 bits per heavy atom. The number of nitrogens with one attached hydrogen (secondary N) is 2. The number of aromatic nitrogens is 1. The predicted molar refractivity (Wildman–Crippen MR) is 134 cm³/mol. The highest BCUT2D eigenvalue weighted by Gasteiger charge is 2.35. The number of rotatable bonds is 7. The number of thiocarbonyl (C=S) groups is 1. The number of anilines is 1. The molecule has 12 heteroatoms. The Hall–Kier alpha value is -3.93. The monoisotopic (exact) mass is 512 g/mol. The highest BCUT2D eigenvalue weighted by molar-refractivity contribution is 7.80. The molecule has 1 aliphatic heterocycles. The van der Waals surface area contributed by atoms with Gasteiger partial charge < -0.3 is 14.8 Å². The summed E-state index contributed by atoms with van der Waals surface area (Å²) in [7, 11) is 1.29. The number of carbonyl (C=O) groups is 2. The first-order chi connectivity index (χ1) is 16.8. The minimum atomic E-state index is -0.750. The van der Waals surface area contributed by atoms with Crippen molar-refractivity contribution in [1.82, 2.24) is 20.2 Å². The fourth-order valence-corrected chi connectivity index (χ4v) is 3.61. The molecule has 35 heavy (non-hydrogen) atoms. The molecule has 180 valence electrons. The van der Waals surface area contributed by atoms with E-state index in [4.69, 9.17) is 39.1 Å². The number of nitrogens with zero attached hydrogens (tertiary/aromatic N) is 3. The Labute approximate surface area is 211 Å². The molecule has 4 rings (SSSR count). The van der Waals surface area contributed by atoms with Crippen molar-refractivity contribution in [1.29, 1.82) is 0 Å². The molecule has 1 saturated heterocycles. The second-order valence-corrected chi connectivity index (χ2v) is 8.27. The Morgan fingerprint density at radius 3 is 2.57 bits per heavy atom. The van der Waals surface area contributed by atoms with E-state index in [0.29, 0.717) is 22.2 Å². The van der Waals surface area contributed by atoms with Crippen molar-refractivity contribution in [2.24, 2.45) is 5.84 Å². The van der Waals surface area contributed by atoms with Gasteiger partial charge in [0.2, 0.25) is 0 Å². The lowest BCUT2D eigenvalue weighted by atomic mass is 10.2. The fraction of sp³-hybridized carbons (Fsp3) is 0.130. The van der Waals surface area contributed by atoms with Crippen LogP contribution in [0.15, 0.2) is 67.0 Å². The van der Waals surface area contributed by atoms with Gasteiger partial charge in [-0.15, -0.1) is 0 Å². The number of benzene rings is 2. The number of hydrogen-bond acceptors (Lipinski definition) is 8. The summed E-state index contributed by atoms with van der Waals surface area (Å²) in [6, 6.07) is 15.3. The Bertz CT molecular complexity index is 1240. The number of ether oxygens (including phenoxy) is 2. The van der Waals surface area contributed by atoms with Crippen molar-refractivity contribution >= 4 is 46.6 Å². The molecule has 1 aliphatic rings. The van der Waals surface area contributed by atoms with Crippen molar-refractivity contribution in [2.45, 2.75) is 12.8 Å². The third-order valence-corrected chi connectivity index (χ3v) is 5.62. The maximum Gasteiger partial charge on any atom is 0.339 e. The van der Waals surface area contributed by atoms with Crippen LogP contribution in [-0.2, 0) is 11.3 Å². The average molecular weight is 513 g/mol. The molecule has 2 amide bonds. The number of halogens is 1. The smallest absolute Gasteiger partial charge is 0.339 e. The molecule has 2 aromatic carbocycles. The number of hydrazine groups is 1.